The van der Waals surface area contributed by atoms with E-state index in [1.54, 1.807) is 55.5 Å². The number of hydrogen-bond donors (Lipinski definition) is 4. The molecule has 4 aromatic rings. The van der Waals surface area contributed by atoms with Crippen molar-refractivity contribution in [2.75, 3.05) is 27.7 Å². The fourth-order valence-electron chi connectivity index (χ4n) is 4.89. The summed E-state index contributed by atoms with van der Waals surface area (Å²) < 4.78 is 5.55. The Morgan fingerprint density at radius 2 is 1.23 bits per heavy atom. The SMILES string of the molecule is CCC(=O)OC(CC(=O)[O-])C[N+](C)(C)C.O=C(O)c1cc2ccccc2c(Cc2c(O)c(C(=O)O)cc3ccccc23)c1O. The van der Waals surface area contributed by atoms with Crippen LogP contribution in [-0.2, 0) is 20.7 Å². The molecule has 0 amide bonds. The number of carbonyl (C=O) groups is 4. The number of aliphatic carboxylic acids is 1. The molecule has 0 spiro atoms. The monoisotopic (exact) mass is 605 g/mol. The van der Waals surface area contributed by atoms with Crippen molar-refractivity contribution in [2.45, 2.75) is 32.3 Å². The van der Waals surface area contributed by atoms with Crippen molar-refractivity contribution < 1.29 is 53.9 Å². The number of hydrogen-bond acceptors (Lipinski definition) is 8. The molecule has 0 radical (unpaired) electrons. The summed E-state index contributed by atoms with van der Waals surface area (Å²) in [5.74, 6) is -4.93. The van der Waals surface area contributed by atoms with E-state index in [4.69, 9.17) is 4.74 Å². The van der Waals surface area contributed by atoms with Gasteiger partial charge in [-0.3, -0.25) is 4.79 Å². The molecule has 1 unspecified atom stereocenters. The van der Waals surface area contributed by atoms with Gasteiger partial charge in [-0.15, -0.1) is 0 Å². The Bertz CT molecular complexity index is 1620. The number of fused-ring (bicyclic) bond motifs is 2. The first-order chi connectivity index (χ1) is 20.6. The summed E-state index contributed by atoms with van der Waals surface area (Å²) in [4.78, 5) is 44.7. The lowest BCUT2D eigenvalue weighted by Crippen LogP contribution is -2.45. The second-order valence-corrected chi connectivity index (χ2v) is 11.2. The second kappa shape index (κ2) is 13.9. The lowest BCUT2D eigenvalue weighted by molar-refractivity contribution is -0.873. The number of aromatic hydroxyl groups is 2. The summed E-state index contributed by atoms with van der Waals surface area (Å²) in [7, 11) is 5.71. The van der Waals surface area contributed by atoms with E-state index in [2.05, 4.69) is 0 Å². The molecule has 0 bridgehead atoms. The number of ether oxygens (including phenoxy) is 1. The van der Waals surface area contributed by atoms with Crippen LogP contribution in [0, 0.1) is 0 Å². The molecule has 44 heavy (non-hydrogen) atoms. The van der Waals surface area contributed by atoms with Crippen molar-refractivity contribution in [3.05, 3.63) is 82.9 Å². The quantitative estimate of drug-likeness (QED) is 0.154. The van der Waals surface area contributed by atoms with Gasteiger partial charge in [0.2, 0.25) is 0 Å². The maximum atomic E-state index is 11.6. The maximum absolute atomic E-state index is 11.6. The molecule has 0 aromatic heterocycles. The van der Waals surface area contributed by atoms with Crippen LogP contribution < -0.4 is 5.11 Å². The predicted octanol–water partition coefficient (Wildman–Crippen LogP) is 3.55. The van der Waals surface area contributed by atoms with Gasteiger partial charge in [0.25, 0.3) is 0 Å². The number of nitrogens with zero attached hydrogens (tertiary/aromatic N) is 1. The van der Waals surface area contributed by atoms with Crippen LogP contribution in [-0.4, -0.2) is 82.6 Å². The Hall–Kier alpha value is -5.16. The molecule has 4 rings (SSSR count). The van der Waals surface area contributed by atoms with E-state index in [1.807, 2.05) is 21.1 Å². The van der Waals surface area contributed by atoms with Gasteiger partial charge in [-0.05, 0) is 33.7 Å². The minimum Gasteiger partial charge on any atom is -0.550 e. The molecule has 0 aliphatic heterocycles. The van der Waals surface area contributed by atoms with E-state index in [9.17, 15) is 44.7 Å². The number of likely N-dealkylation sites (N-methyl/N-ethyl adjacent to an activating group) is 1. The predicted molar refractivity (Wildman–Crippen MR) is 161 cm³/mol. The zero-order valence-corrected chi connectivity index (χ0v) is 24.9. The van der Waals surface area contributed by atoms with Crippen molar-refractivity contribution in [3.63, 3.8) is 0 Å². The first-order valence-corrected chi connectivity index (χ1v) is 13.8. The van der Waals surface area contributed by atoms with Gasteiger partial charge in [-0.2, -0.15) is 0 Å². The number of quaternary nitrogens is 1. The number of carboxylic acids is 3. The molecule has 232 valence electrons. The van der Waals surface area contributed by atoms with Crippen LogP contribution in [0.3, 0.4) is 0 Å². The van der Waals surface area contributed by atoms with Gasteiger partial charge >= 0.3 is 17.9 Å². The van der Waals surface area contributed by atoms with Crippen LogP contribution in [0.25, 0.3) is 21.5 Å². The fourth-order valence-corrected chi connectivity index (χ4v) is 4.89. The highest BCUT2D eigenvalue weighted by Crippen LogP contribution is 2.38. The van der Waals surface area contributed by atoms with E-state index in [0.29, 0.717) is 43.7 Å². The first kappa shape index (κ1) is 33.3. The maximum Gasteiger partial charge on any atom is 0.339 e. The number of benzene rings is 4. The lowest BCUT2D eigenvalue weighted by atomic mass is 9.90. The molecule has 11 nitrogen and oxygen atoms in total. The molecule has 4 aromatic carbocycles. The van der Waals surface area contributed by atoms with Gasteiger partial charge in [-0.25, -0.2) is 9.59 Å². The van der Waals surface area contributed by atoms with E-state index in [-0.39, 0.29) is 36.4 Å². The average molecular weight is 606 g/mol. The van der Waals surface area contributed by atoms with Gasteiger partial charge in [-0.1, -0.05) is 55.5 Å². The minimum atomic E-state index is -1.28. The number of aromatic carboxylic acids is 2. The Balaban J connectivity index is 0.000000301. The Labute approximate surface area is 253 Å². The number of carbonyl (C=O) groups excluding carboxylic acids is 2. The third-order valence-corrected chi connectivity index (χ3v) is 6.80. The van der Waals surface area contributed by atoms with E-state index in [0.717, 1.165) is 0 Å². The smallest absolute Gasteiger partial charge is 0.339 e. The van der Waals surface area contributed by atoms with Crippen molar-refractivity contribution >= 4 is 45.4 Å². The van der Waals surface area contributed by atoms with Crippen molar-refractivity contribution in [2.24, 2.45) is 0 Å². The molecule has 0 saturated carbocycles. The van der Waals surface area contributed by atoms with Crippen molar-refractivity contribution in [1.29, 1.82) is 0 Å². The summed E-state index contributed by atoms with van der Waals surface area (Å²) in [6, 6.07) is 16.8. The van der Waals surface area contributed by atoms with Crippen molar-refractivity contribution in [1.82, 2.24) is 0 Å². The van der Waals surface area contributed by atoms with Crippen LogP contribution in [0.4, 0.5) is 0 Å². The van der Waals surface area contributed by atoms with Crippen molar-refractivity contribution in [3.8, 4) is 11.5 Å². The van der Waals surface area contributed by atoms with Gasteiger partial charge < -0.3 is 39.5 Å². The number of esters is 1. The normalized spacial score (nSPS) is 11.8. The topological polar surface area (TPSA) is 181 Å². The molecule has 4 N–H and O–H groups in total. The highest BCUT2D eigenvalue weighted by atomic mass is 16.5. The standard InChI is InChI=1S/C23H16O6.C10H19NO4/c24-20-16(14-7-3-1-5-12(14)9-18(20)22(26)27)11-17-15-8-4-2-6-13(15)10-19(21(17)25)23(28)29;1-5-10(14)15-8(6-9(12)13)7-11(2,3)4/h1-10,24-25H,11H2,(H,26,27)(H,28,29);8H,5-7H2,1-4H3. The fraction of sp³-hybridized carbons (Fsp3) is 0.273. The zero-order valence-electron chi connectivity index (χ0n) is 24.9. The summed E-state index contributed by atoms with van der Waals surface area (Å²) in [6.45, 7) is 2.13. The first-order valence-electron chi connectivity index (χ1n) is 13.8. The number of phenols is 2. The van der Waals surface area contributed by atoms with Crippen LogP contribution in [0.15, 0.2) is 60.7 Å². The molecule has 0 fully saturated rings. The van der Waals surface area contributed by atoms with Crippen LogP contribution in [0.1, 0.15) is 51.6 Å². The minimum absolute atomic E-state index is 0.0407. The highest BCUT2D eigenvalue weighted by molar-refractivity contribution is 6.02. The van der Waals surface area contributed by atoms with Crippen LogP contribution >= 0.6 is 0 Å². The molecule has 0 aliphatic rings. The highest BCUT2D eigenvalue weighted by Gasteiger charge is 2.23. The third-order valence-electron chi connectivity index (χ3n) is 6.80. The summed E-state index contributed by atoms with van der Waals surface area (Å²) in [5.41, 5.74) is 0.112. The van der Waals surface area contributed by atoms with Gasteiger partial charge in [0.15, 0.2) is 6.10 Å². The number of carboxylic acid groups (broad SMARTS) is 3. The van der Waals surface area contributed by atoms with E-state index < -0.39 is 35.5 Å². The summed E-state index contributed by atoms with van der Waals surface area (Å²) in [6.07, 6.45) is -0.648. The Morgan fingerprint density at radius 3 is 1.59 bits per heavy atom. The molecular weight excluding hydrogens is 570 g/mol. The molecule has 0 aliphatic carbocycles. The molecule has 0 heterocycles. The lowest BCUT2D eigenvalue weighted by Gasteiger charge is -2.29. The zero-order chi connectivity index (χ0) is 32.8. The molecule has 11 heteroatoms. The molecular formula is C33H35NO10. The van der Waals surface area contributed by atoms with E-state index >= 15 is 0 Å². The van der Waals surface area contributed by atoms with Crippen LogP contribution in [0.2, 0.25) is 0 Å². The Morgan fingerprint density at radius 1 is 0.795 bits per heavy atom. The van der Waals surface area contributed by atoms with Gasteiger partial charge in [0.05, 0.1) is 21.1 Å². The average Bonchev–Trinajstić information content (AvgIpc) is 2.94. The largest absolute Gasteiger partial charge is 0.550 e. The summed E-state index contributed by atoms with van der Waals surface area (Å²) in [5, 5.41) is 53.3. The van der Waals surface area contributed by atoms with Gasteiger partial charge in [0.1, 0.15) is 29.2 Å². The third kappa shape index (κ3) is 8.23. The number of rotatable bonds is 10. The second-order valence-electron chi connectivity index (χ2n) is 11.2. The molecule has 0 saturated heterocycles. The molecule has 1 atom stereocenters. The Kier molecular flexibility index (Phi) is 10.5. The van der Waals surface area contributed by atoms with Crippen LogP contribution in [0.5, 0.6) is 11.5 Å². The van der Waals surface area contributed by atoms with Gasteiger partial charge in [0, 0.05) is 36.4 Å². The summed E-state index contributed by atoms with van der Waals surface area (Å²) >= 11 is 0. The van der Waals surface area contributed by atoms with E-state index in [1.165, 1.54) is 12.1 Å².